The summed E-state index contributed by atoms with van der Waals surface area (Å²) in [5.41, 5.74) is 0. The average molecular weight is 308 g/mol. The largest absolute Gasteiger partial charge is 0.348 e. The molecule has 0 saturated heterocycles. The molecular weight excluding hydrogens is 280 g/mol. The van der Waals surface area contributed by atoms with Crippen molar-refractivity contribution in [3.63, 3.8) is 0 Å². The van der Waals surface area contributed by atoms with E-state index in [0.29, 0.717) is 18.4 Å². The standard InChI is InChI=1S/C17H28N2OS/c1-13(2)18-11-5-10-16(20)19-17(14-7-3-4-8-14)15-9-6-12-21-15/h6,9,12-14,17-18H,3-5,7-8,10-11H2,1-2H3,(H,19,20). The van der Waals surface area contributed by atoms with Crippen LogP contribution in [0.5, 0.6) is 0 Å². The Kier molecular flexibility index (Phi) is 6.71. The van der Waals surface area contributed by atoms with Crippen LogP contribution in [0.1, 0.15) is 63.3 Å². The van der Waals surface area contributed by atoms with Crippen LogP contribution in [0, 0.1) is 5.92 Å². The first-order chi connectivity index (χ1) is 10.2. The van der Waals surface area contributed by atoms with E-state index >= 15 is 0 Å². The van der Waals surface area contributed by atoms with E-state index in [2.05, 4.69) is 42.0 Å². The van der Waals surface area contributed by atoms with E-state index in [9.17, 15) is 4.79 Å². The van der Waals surface area contributed by atoms with E-state index in [4.69, 9.17) is 0 Å². The number of amides is 1. The van der Waals surface area contributed by atoms with Gasteiger partial charge in [-0.3, -0.25) is 4.79 Å². The zero-order valence-corrected chi connectivity index (χ0v) is 14.0. The molecule has 1 unspecified atom stereocenters. The summed E-state index contributed by atoms with van der Waals surface area (Å²) in [5, 5.41) is 8.76. The van der Waals surface area contributed by atoms with Crippen LogP contribution in [0.3, 0.4) is 0 Å². The summed E-state index contributed by atoms with van der Waals surface area (Å²) in [6, 6.07) is 4.97. The average Bonchev–Trinajstić information content (AvgIpc) is 3.13. The van der Waals surface area contributed by atoms with E-state index in [1.54, 1.807) is 11.3 Å². The Morgan fingerprint density at radius 3 is 2.76 bits per heavy atom. The molecule has 2 N–H and O–H groups in total. The maximum Gasteiger partial charge on any atom is 0.220 e. The molecule has 1 aromatic heterocycles. The highest BCUT2D eigenvalue weighted by atomic mass is 32.1. The number of rotatable bonds is 8. The molecular formula is C17H28N2OS. The lowest BCUT2D eigenvalue weighted by molar-refractivity contribution is -0.122. The predicted molar refractivity (Wildman–Crippen MR) is 89.5 cm³/mol. The quantitative estimate of drug-likeness (QED) is 0.716. The summed E-state index contributed by atoms with van der Waals surface area (Å²) in [6.45, 7) is 5.18. The molecule has 0 bridgehead atoms. The molecule has 1 aliphatic rings. The maximum absolute atomic E-state index is 12.2. The van der Waals surface area contributed by atoms with Crippen molar-refractivity contribution in [3.05, 3.63) is 22.4 Å². The molecule has 1 fully saturated rings. The fraction of sp³-hybridized carbons (Fsp3) is 0.706. The van der Waals surface area contributed by atoms with Gasteiger partial charge in [0.15, 0.2) is 0 Å². The van der Waals surface area contributed by atoms with Crippen molar-refractivity contribution in [1.82, 2.24) is 10.6 Å². The van der Waals surface area contributed by atoms with E-state index < -0.39 is 0 Å². The molecule has 0 radical (unpaired) electrons. The van der Waals surface area contributed by atoms with Crippen LogP contribution in [-0.2, 0) is 4.79 Å². The molecule has 3 nitrogen and oxygen atoms in total. The monoisotopic (exact) mass is 308 g/mol. The normalized spacial score (nSPS) is 17.3. The second-order valence-electron chi connectivity index (χ2n) is 6.32. The van der Waals surface area contributed by atoms with Crippen molar-refractivity contribution in [2.45, 2.75) is 64.5 Å². The van der Waals surface area contributed by atoms with Crippen LogP contribution >= 0.6 is 11.3 Å². The Morgan fingerprint density at radius 1 is 1.38 bits per heavy atom. The molecule has 4 heteroatoms. The van der Waals surface area contributed by atoms with E-state index in [0.717, 1.165) is 13.0 Å². The van der Waals surface area contributed by atoms with Crippen LogP contribution in [0.2, 0.25) is 0 Å². The van der Waals surface area contributed by atoms with Crippen LogP contribution < -0.4 is 10.6 Å². The Morgan fingerprint density at radius 2 is 2.14 bits per heavy atom. The topological polar surface area (TPSA) is 41.1 Å². The van der Waals surface area contributed by atoms with E-state index in [1.807, 2.05) is 0 Å². The van der Waals surface area contributed by atoms with Crippen LogP contribution in [0.15, 0.2) is 17.5 Å². The van der Waals surface area contributed by atoms with Gasteiger partial charge in [0.25, 0.3) is 0 Å². The first-order valence-corrected chi connectivity index (χ1v) is 9.11. The summed E-state index contributed by atoms with van der Waals surface area (Å²) in [7, 11) is 0. The lowest BCUT2D eigenvalue weighted by Gasteiger charge is -2.24. The number of nitrogens with one attached hydrogen (secondary N) is 2. The van der Waals surface area contributed by atoms with Crippen molar-refractivity contribution in [2.24, 2.45) is 5.92 Å². The number of carbonyl (C=O) groups is 1. The molecule has 118 valence electrons. The molecule has 1 amide bonds. The van der Waals surface area contributed by atoms with Gasteiger partial charge in [0.2, 0.25) is 5.91 Å². The van der Waals surface area contributed by atoms with Crippen LogP contribution in [0.4, 0.5) is 0 Å². The number of carbonyl (C=O) groups excluding carboxylic acids is 1. The summed E-state index contributed by atoms with van der Waals surface area (Å²) < 4.78 is 0. The van der Waals surface area contributed by atoms with Gasteiger partial charge in [-0.2, -0.15) is 0 Å². The van der Waals surface area contributed by atoms with E-state index in [1.165, 1.54) is 30.6 Å². The van der Waals surface area contributed by atoms with Gasteiger partial charge in [-0.1, -0.05) is 32.8 Å². The lowest BCUT2D eigenvalue weighted by atomic mass is 9.96. The molecule has 1 aliphatic carbocycles. The highest BCUT2D eigenvalue weighted by Crippen LogP contribution is 2.37. The predicted octanol–water partition coefficient (Wildman–Crippen LogP) is 3.87. The molecule has 1 heterocycles. The second kappa shape index (κ2) is 8.54. The van der Waals surface area contributed by atoms with Gasteiger partial charge >= 0.3 is 0 Å². The highest BCUT2D eigenvalue weighted by molar-refractivity contribution is 7.10. The van der Waals surface area contributed by atoms with E-state index in [-0.39, 0.29) is 11.9 Å². The van der Waals surface area contributed by atoms with Crippen molar-refractivity contribution < 1.29 is 4.79 Å². The highest BCUT2D eigenvalue weighted by Gasteiger charge is 2.28. The number of thiophene rings is 1. The second-order valence-corrected chi connectivity index (χ2v) is 7.30. The lowest BCUT2D eigenvalue weighted by Crippen LogP contribution is -2.33. The Labute approximate surface area is 132 Å². The Hall–Kier alpha value is -0.870. The van der Waals surface area contributed by atoms with Crippen LogP contribution in [-0.4, -0.2) is 18.5 Å². The SMILES string of the molecule is CC(C)NCCCC(=O)NC(c1cccs1)C1CCCC1. The first-order valence-electron chi connectivity index (χ1n) is 8.23. The first kappa shape index (κ1) is 16.5. The number of hydrogen-bond acceptors (Lipinski definition) is 3. The summed E-state index contributed by atoms with van der Waals surface area (Å²) >= 11 is 1.77. The van der Waals surface area contributed by atoms with Crippen molar-refractivity contribution in [3.8, 4) is 0 Å². The fourth-order valence-corrected chi connectivity index (χ4v) is 3.93. The molecule has 2 rings (SSSR count). The minimum Gasteiger partial charge on any atom is -0.348 e. The minimum absolute atomic E-state index is 0.200. The third-order valence-electron chi connectivity index (χ3n) is 4.17. The zero-order chi connectivity index (χ0) is 15.1. The van der Waals surface area contributed by atoms with Gasteiger partial charge in [0.1, 0.15) is 0 Å². The Balaban J connectivity index is 1.82. The molecule has 21 heavy (non-hydrogen) atoms. The smallest absolute Gasteiger partial charge is 0.220 e. The van der Waals surface area contributed by atoms with Gasteiger partial charge in [0.05, 0.1) is 6.04 Å². The maximum atomic E-state index is 12.2. The summed E-state index contributed by atoms with van der Waals surface area (Å²) in [5.74, 6) is 0.826. The number of hydrogen-bond donors (Lipinski definition) is 2. The molecule has 0 aliphatic heterocycles. The molecule has 0 spiro atoms. The van der Waals surface area contributed by atoms with Gasteiger partial charge in [0, 0.05) is 17.3 Å². The van der Waals surface area contributed by atoms with Crippen LogP contribution in [0.25, 0.3) is 0 Å². The molecule has 0 aromatic carbocycles. The molecule has 1 atom stereocenters. The van der Waals surface area contributed by atoms with Crippen molar-refractivity contribution >= 4 is 17.2 Å². The van der Waals surface area contributed by atoms with Crippen molar-refractivity contribution in [2.75, 3.05) is 6.54 Å². The zero-order valence-electron chi connectivity index (χ0n) is 13.2. The van der Waals surface area contributed by atoms with Gasteiger partial charge in [-0.05, 0) is 43.2 Å². The minimum atomic E-state index is 0.200. The summed E-state index contributed by atoms with van der Waals surface area (Å²) in [4.78, 5) is 13.5. The third kappa shape index (κ3) is 5.44. The van der Waals surface area contributed by atoms with Gasteiger partial charge in [-0.15, -0.1) is 11.3 Å². The Bertz CT molecular complexity index is 410. The fourth-order valence-electron chi connectivity index (χ4n) is 3.07. The molecule has 1 saturated carbocycles. The van der Waals surface area contributed by atoms with Gasteiger partial charge < -0.3 is 10.6 Å². The third-order valence-corrected chi connectivity index (χ3v) is 5.13. The van der Waals surface area contributed by atoms with Gasteiger partial charge in [-0.25, -0.2) is 0 Å². The van der Waals surface area contributed by atoms with Crippen molar-refractivity contribution in [1.29, 1.82) is 0 Å². The summed E-state index contributed by atoms with van der Waals surface area (Å²) in [6.07, 6.45) is 6.64. The molecule has 1 aromatic rings.